The Kier molecular flexibility index (Phi) is 4.73. The quantitative estimate of drug-likeness (QED) is 0.785. The number of aromatic carboxylic acids is 1. The van der Waals surface area contributed by atoms with Crippen LogP contribution in [0.2, 0.25) is 5.02 Å². The topological polar surface area (TPSA) is 104 Å². The van der Waals surface area contributed by atoms with E-state index in [0.717, 1.165) is 4.90 Å². The number of fused-ring (bicyclic) bond motifs is 1. The molecule has 0 bridgehead atoms. The van der Waals surface area contributed by atoms with Gasteiger partial charge in [0.1, 0.15) is 0 Å². The number of hydrogen-bond donors (Lipinski definition) is 2. The third kappa shape index (κ3) is 3.29. The van der Waals surface area contributed by atoms with Gasteiger partial charge in [0, 0.05) is 18.7 Å². The first-order valence-electron chi connectivity index (χ1n) is 7.66. The van der Waals surface area contributed by atoms with Crippen LogP contribution in [0.25, 0.3) is 0 Å². The van der Waals surface area contributed by atoms with Crippen LogP contribution in [0.5, 0.6) is 0 Å². The summed E-state index contributed by atoms with van der Waals surface area (Å²) in [6.45, 7) is -0.0719. The molecule has 0 atom stereocenters. The Morgan fingerprint density at radius 2 is 1.65 bits per heavy atom. The molecule has 132 valence electrons. The van der Waals surface area contributed by atoms with Crippen LogP contribution in [0.4, 0.5) is 5.69 Å². The molecular weight excluding hydrogens is 360 g/mol. The maximum atomic E-state index is 12.2. The average Bonchev–Trinajstić information content (AvgIpc) is 2.86. The molecule has 1 heterocycles. The molecular formula is C18H13ClN2O5. The molecule has 3 amide bonds. The second kappa shape index (κ2) is 6.97. The summed E-state index contributed by atoms with van der Waals surface area (Å²) < 4.78 is 0. The largest absolute Gasteiger partial charge is 0.478 e. The van der Waals surface area contributed by atoms with Crippen LogP contribution in [0.1, 0.15) is 37.5 Å². The van der Waals surface area contributed by atoms with E-state index < -0.39 is 23.7 Å². The van der Waals surface area contributed by atoms with Crippen LogP contribution >= 0.6 is 11.6 Å². The monoisotopic (exact) mass is 372 g/mol. The Balaban J connectivity index is 1.64. The first-order chi connectivity index (χ1) is 12.4. The van der Waals surface area contributed by atoms with Gasteiger partial charge in [-0.15, -0.1) is 0 Å². The fourth-order valence-corrected chi connectivity index (χ4v) is 2.84. The molecule has 2 aromatic carbocycles. The van der Waals surface area contributed by atoms with Crippen molar-refractivity contribution in [1.29, 1.82) is 0 Å². The van der Waals surface area contributed by atoms with Crippen molar-refractivity contribution in [2.45, 2.75) is 6.42 Å². The van der Waals surface area contributed by atoms with E-state index in [-0.39, 0.29) is 29.2 Å². The molecule has 0 aromatic heterocycles. The lowest BCUT2D eigenvalue weighted by Crippen LogP contribution is -2.32. The van der Waals surface area contributed by atoms with Crippen molar-refractivity contribution in [1.82, 2.24) is 4.90 Å². The SMILES string of the molecule is O=C(CCN1C(=O)c2ccccc2C1=O)Nc1ccc(Cl)c(C(=O)O)c1. The Morgan fingerprint density at radius 1 is 1.04 bits per heavy atom. The van der Waals surface area contributed by atoms with Crippen LogP contribution in [-0.2, 0) is 4.79 Å². The van der Waals surface area contributed by atoms with E-state index in [0.29, 0.717) is 11.1 Å². The van der Waals surface area contributed by atoms with Crippen molar-refractivity contribution in [3.8, 4) is 0 Å². The minimum Gasteiger partial charge on any atom is -0.478 e. The summed E-state index contributed by atoms with van der Waals surface area (Å²) in [5, 5.41) is 11.6. The summed E-state index contributed by atoms with van der Waals surface area (Å²) in [4.78, 5) is 48.6. The molecule has 0 saturated carbocycles. The van der Waals surface area contributed by atoms with Crippen LogP contribution in [0.3, 0.4) is 0 Å². The van der Waals surface area contributed by atoms with E-state index in [1.807, 2.05) is 0 Å². The van der Waals surface area contributed by atoms with Crippen molar-refractivity contribution in [3.05, 3.63) is 64.2 Å². The Labute approximate surface area is 153 Å². The lowest BCUT2D eigenvalue weighted by Gasteiger charge is -2.13. The highest BCUT2D eigenvalue weighted by molar-refractivity contribution is 6.33. The number of halogens is 1. The summed E-state index contributed by atoms with van der Waals surface area (Å²) >= 11 is 5.78. The third-order valence-corrected chi connectivity index (χ3v) is 4.25. The molecule has 0 spiro atoms. The summed E-state index contributed by atoms with van der Waals surface area (Å²) in [5.74, 6) is -2.53. The number of carbonyl (C=O) groups excluding carboxylic acids is 3. The van der Waals surface area contributed by atoms with Gasteiger partial charge in [0.2, 0.25) is 5.91 Å². The predicted molar refractivity (Wildman–Crippen MR) is 93.5 cm³/mol. The van der Waals surface area contributed by atoms with Crippen molar-refractivity contribution in [2.24, 2.45) is 0 Å². The number of carbonyl (C=O) groups is 4. The predicted octanol–water partition coefficient (Wildman–Crippen LogP) is 2.66. The highest BCUT2D eigenvalue weighted by Crippen LogP contribution is 2.23. The maximum absolute atomic E-state index is 12.2. The number of hydrogen-bond acceptors (Lipinski definition) is 4. The molecule has 3 rings (SSSR count). The fraction of sp³-hybridized carbons (Fsp3) is 0.111. The zero-order chi connectivity index (χ0) is 18.8. The van der Waals surface area contributed by atoms with Crippen molar-refractivity contribution >= 4 is 41.0 Å². The minimum absolute atomic E-state index is 0.0570. The molecule has 0 unspecified atom stereocenters. The lowest BCUT2D eigenvalue weighted by molar-refractivity contribution is -0.116. The average molecular weight is 373 g/mol. The Hall–Kier alpha value is -3.19. The second-order valence-corrected chi connectivity index (χ2v) is 6.01. The van der Waals surface area contributed by atoms with E-state index >= 15 is 0 Å². The van der Waals surface area contributed by atoms with E-state index in [1.54, 1.807) is 24.3 Å². The van der Waals surface area contributed by atoms with E-state index in [9.17, 15) is 19.2 Å². The first kappa shape index (κ1) is 17.6. The van der Waals surface area contributed by atoms with Crippen LogP contribution in [0.15, 0.2) is 42.5 Å². The highest BCUT2D eigenvalue weighted by atomic mass is 35.5. The normalized spacial score (nSPS) is 12.9. The third-order valence-electron chi connectivity index (χ3n) is 3.92. The number of benzene rings is 2. The van der Waals surface area contributed by atoms with E-state index in [2.05, 4.69) is 5.32 Å². The number of amides is 3. The van der Waals surface area contributed by atoms with E-state index in [4.69, 9.17) is 16.7 Å². The molecule has 0 aliphatic carbocycles. The number of nitrogens with zero attached hydrogens (tertiary/aromatic N) is 1. The summed E-state index contributed by atoms with van der Waals surface area (Å²) in [6.07, 6.45) is -0.115. The van der Waals surface area contributed by atoms with Crippen LogP contribution < -0.4 is 5.32 Å². The van der Waals surface area contributed by atoms with Gasteiger partial charge < -0.3 is 10.4 Å². The van der Waals surface area contributed by atoms with Gasteiger partial charge in [0.05, 0.1) is 21.7 Å². The van der Waals surface area contributed by atoms with Crippen LogP contribution in [-0.4, -0.2) is 40.2 Å². The standard InChI is InChI=1S/C18H13ClN2O5/c19-14-6-5-10(9-13(14)18(25)26)20-15(22)7-8-21-16(23)11-3-1-2-4-12(11)17(21)24/h1-6,9H,7-8H2,(H,20,22)(H,25,26). The van der Waals surface area contributed by atoms with Gasteiger partial charge in [-0.2, -0.15) is 0 Å². The fourth-order valence-electron chi connectivity index (χ4n) is 2.65. The molecule has 2 aromatic rings. The first-order valence-corrected chi connectivity index (χ1v) is 8.04. The molecule has 1 aliphatic rings. The van der Waals surface area contributed by atoms with Crippen LogP contribution in [0, 0.1) is 0 Å². The van der Waals surface area contributed by atoms with Gasteiger partial charge >= 0.3 is 5.97 Å². The Bertz CT molecular complexity index is 906. The summed E-state index contributed by atoms with van der Waals surface area (Å²) in [7, 11) is 0. The van der Waals surface area contributed by atoms with Crippen molar-refractivity contribution in [3.63, 3.8) is 0 Å². The maximum Gasteiger partial charge on any atom is 0.337 e. The minimum atomic E-state index is -1.21. The van der Waals surface area contributed by atoms with Crippen molar-refractivity contribution < 1.29 is 24.3 Å². The Morgan fingerprint density at radius 3 is 2.23 bits per heavy atom. The van der Waals surface area contributed by atoms with Gasteiger partial charge in [-0.3, -0.25) is 19.3 Å². The molecule has 8 heteroatoms. The van der Waals surface area contributed by atoms with Gasteiger partial charge in [0.15, 0.2) is 0 Å². The molecule has 1 aliphatic heterocycles. The molecule has 0 fully saturated rings. The molecule has 7 nitrogen and oxygen atoms in total. The van der Waals surface area contributed by atoms with E-state index in [1.165, 1.54) is 18.2 Å². The second-order valence-electron chi connectivity index (χ2n) is 5.61. The van der Waals surface area contributed by atoms with Crippen molar-refractivity contribution in [2.75, 3.05) is 11.9 Å². The zero-order valence-corrected chi connectivity index (χ0v) is 14.1. The van der Waals surface area contributed by atoms with Gasteiger partial charge in [-0.05, 0) is 30.3 Å². The summed E-state index contributed by atoms with van der Waals surface area (Å²) in [5.41, 5.74) is 0.771. The highest BCUT2D eigenvalue weighted by Gasteiger charge is 2.34. The number of nitrogens with one attached hydrogen (secondary N) is 1. The lowest BCUT2D eigenvalue weighted by atomic mass is 10.1. The molecule has 0 radical (unpaired) electrons. The number of carboxylic acids is 1. The number of imide groups is 1. The molecule has 2 N–H and O–H groups in total. The number of anilines is 1. The number of rotatable bonds is 5. The molecule has 26 heavy (non-hydrogen) atoms. The number of carboxylic acid groups (broad SMARTS) is 1. The van der Waals surface area contributed by atoms with Gasteiger partial charge in [0.25, 0.3) is 11.8 Å². The van der Waals surface area contributed by atoms with Gasteiger partial charge in [-0.1, -0.05) is 23.7 Å². The summed E-state index contributed by atoms with van der Waals surface area (Å²) in [6, 6.07) is 10.5. The molecule has 0 saturated heterocycles. The zero-order valence-electron chi connectivity index (χ0n) is 13.4. The van der Waals surface area contributed by atoms with Gasteiger partial charge in [-0.25, -0.2) is 4.79 Å². The smallest absolute Gasteiger partial charge is 0.337 e.